The molecule has 0 bridgehead atoms. The van der Waals surface area contributed by atoms with Crippen LogP contribution in [0.2, 0.25) is 5.02 Å². The number of quaternary nitrogens is 1. The lowest BCUT2D eigenvalue weighted by molar-refractivity contribution is -0.895. The number of hydrogen-bond acceptors (Lipinski definition) is 3. The van der Waals surface area contributed by atoms with Crippen LogP contribution in [0, 0.1) is 6.92 Å². The first kappa shape index (κ1) is 20.8. The van der Waals surface area contributed by atoms with Crippen LogP contribution in [0.25, 0.3) is 0 Å². The van der Waals surface area contributed by atoms with Crippen molar-refractivity contribution >= 4 is 33.2 Å². The van der Waals surface area contributed by atoms with Crippen LogP contribution in [-0.2, 0) is 20.6 Å². The topological polar surface area (TPSA) is 70.9 Å². The van der Waals surface area contributed by atoms with E-state index in [2.05, 4.69) is 5.32 Å². The SMILES string of the molecule is Cc1c(Cl)cccc1NC(=O)C[NH+]1CCN(S(=O)(=O)Cc2ccccc2)CC1. The van der Waals surface area contributed by atoms with Gasteiger partial charge in [-0.3, -0.25) is 4.79 Å². The van der Waals surface area contributed by atoms with E-state index >= 15 is 0 Å². The van der Waals surface area contributed by atoms with Crippen LogP contribution in [0.5, 0.6) is 0 Å². The summed E-state index contributed by atoms with van der Waals surface area (Å²) in [5, 5.41) is 3.51. The van der Waals surface area contributed by atoms with Crippen molar-refractivity contribution in [2.24, 2.45) is 0 Å². The molecule has 8 heteroatoms. The molecule has 1 aliphatic heterocycles. The average molecular weight is 423 g/mol. The van der Waals surface area contributed by atoms with Crippen LogP contribution in [0.3, 0.4) is 0 Å². The van der Waals surface area contributed by atoms with Crippen molar-refractivity contribution in [3.8, 4) is 0 Å². The van der Waals surface area contributed by atoms with Gasteiger partial charge in [0.1, 0.15) is 0 Å². The molecule has 1 saturated heterocycles. The molecule has 0 saturated carbocycles. The van der Waals surface area contributed by atoms with Crippen LogP contribution >= 0.6 is 11.6 Å². The van der Waals surface area contributed by atoms with Gasteiger partial charge in [-0.25, -0.2) is 8.42 Å². The van der Waals surface area contributed by atoms with Crippen molar-refractivity contribution in [3.05, 3.63) is 64.7 Å². The molecule has 6 nitrogen and oxygen atoms in total. The van der Waals surface area contributed by atoms with E-state index in [1.165, 1.54) is 4.31 Å². The summed E-state index contributed by atoms with van der Waals surface area (Å²) in [6.07, 6.45) is 0. The molecule has 28 heavy (non-hydrogen) atoms. The molecule has 1 amide bonds. The molecule has 1 heterocycles. The van der Waals surface area contributed by atoms with Gasteiger partial charge in [-0.05, 0) is 30.2 Å². The Kier molecular flexibility index (Phi) is 6.72. The van der Waals surface area contributed by atoms with Crippen LogP contribution in [-0.4, -0.2) is 51.4 Å². The number of carbonyl (C=O) groups excluding carboxylic acids is 1. The molecule has 0 spiro atoms. The zero-order valence-electron chi connectivity index (χ0n) is 15.8. The summed E-state index contributed by atoms with van der Waals surface area (Å²) >= 11 is 6.09. The number of rotatable bonds is 6. The Bertz CT molecular complexity index is 927. The van der Waals surface area contributed by atoms with Crippen molar-refractivity contribution in [1.82, 2.24) is 4.31 Å². The number of halogens is 1. The Hall–Kier alpha value is -1.93. The molecule has 2 aromatic rings. The van der Waals surface area contributed by atoms with Crippen molar-refractivity contribution in [2.45, 2.75) is 12.7 Å². The summed E-state index contributed by atoms with van der Waals surface area (Å²) in [4.78, 5) is 13.4. The van der Waals surface area contributed by atoms with Crippen molar-refractivity contribution < 1.29 is 18.1 Å². The standard InChI is InChI=1S/C20H24ClN3O3S/c1-16-18(21)8-5-9-19(16)22-20(25)14-23-10-12-24(13-11-23)28(26,27)15-17-6-3-2-4-7-17/h2-9H,10-15H2,1H3,(H,22,25)/p+1. The molecule has 150 valence electrons. The largest absolute Gasteiger partial charge is 0.325 e. The first-order valence-electron chi connectivity index (χ1n) is 9.25. The highest BCUT2D eigenvalue weighted by Crippen LogP contribution is 2.22. The Labute approximate surface area is 171 Å². The average Bonchev–Trinajstić information content (AvgIpc) is 2.66. The monoisotopic (exact) mass is 422 g/mol. The molecule has 0 aliphatic carbocycles. The maximum absolute atomic E-state index is 12.6. The second kappa shape index (κ2) is 9.05. The van der Waals surface area contributed by atoms with Crippen LogP contribution in [0.15, 0.2) is 48.5 Å². The van der Waals surface area contributed by atoms with Gasteiger partial charge in [-0.15, -0.1) is 0 Å². The summed E-state index contributed by atoms with van der Waals surface area (Å²) in [6, 6.07) is 14.6. The van der Waals surface area contributed by atoms with Gasteiger partial charge in [0.15, 0.2) is 6.54 Å². The molecule has 3 rings (SSSR count). The van der Waals surface area contributed by atoms with E-state index in [1.807, 2.05) is 43.3 Å². The molecule has 2 aromatic carbocycles. The first-order chi connectivity index (χ1) is 13.3. The molecular weight excluding hydrogens is 398 g/mol. The van der Waals surface area contributed by atoms with Gasteiger partial charge in [-0.1, -0.05) is 48.0 Å². The predicted molar refractivity (Wildman–Crippen MR) is 111 cm³/mol. The van der Waals surface area contributed by atoms with Crippen molar-refractivity contribution in [1.29, 1.82) is 0 Å². The lowest BCUT2D eigenvalue weighted by atomic mass is 10.2. The van der Waals surface area contributed by atoms with Gasteiger partial charge in [0.2, 0.25) is 10.0 Å². The fourth-order valence-corrected chi connectivity index (χ4v) is 5.01. The summed E-state index contributed by atoms with van der Waals surface area (Å²) in [5.74, 6) is -0.0847. The van der Waals surface area contributed by atoms with E-state index in [9.17, 15) is 13.2 Å². The maximum atomic E-state index is 12.6. The van der Waals surface area contributed by atoms with Gasteiger partial charge in [0.05, 0.1) is 31.9 Å². The first-order valence-corrected chi connectivity index (χ1v) is 11.2. The van der Waals surface area contributed by atoms with E-state index in [0.717, 1.165) is 16.0 Å². The number of anilines is 1. The quantitative estimate of drug-likeness (QED) is 0.737. The van der Waals surface area contributed by atoms with Crippen LogP contribution < -0.4 is 10.2 Å². The molecule has 1 aliphatic rings. The predicted octanol–water partition coefficient (Wildman–Crippen LogP) is 1.32. The van der Waals surface area contributed by atoms with E-state index in [-0.39, 0.29) is 11.7 Å². The number of nitrogens with zero attached hydrogens (tertiary/aromatic N) is 1. The van der Waals surface area contributed by atoms with Crippen LogP contribution in [0.1, 0.15) is 11.1 Å². The Morgan fingerprint density at radius 3 is 2.46 bits per heavy atom. The highest BCUT2D eigenvalue weighted by Gasteiger charge is 2.30. The molecule has 1 fully saturated rings. The highest BCUT2D eigenvalue weighted by molar-refractivity contribution is 7.88. The Morgan fingerprint density at radius 1 is 1.11 bits per heavy atom. The van der Waals surface area contributed by atoms with E-state index in [1.54, 1.807) is 12.1 Å². The third kappa shape index (κ3) is 5.32. The normalized spacial score (nSPS) is 16.1. The summed E-state index contributed by atoms with van der Waals surface area (Å²) in [6.45, 7) is 4.23. The van der Waals surface area contributed by atoms with Gasteiger partial charge in [-0.2, -0.15) is 4.31 Å². The van der Waals surface area contributed by atoms with Crippen LogP contribution in [0.4, 0.5) is 5.69 Å². The minimum absolute atomic E-state index is 0.0116. The molecule has 0 radical (unpaired) electrons. The Morgan fingerprint density at radius 2 is 1.79 bits per heavy atom. The number of hydrogen-bond donors (Lipinski definition) is 2. The number of carbonyl (C=O) groups is 1. The number of amides is 1. The lowest BCUT2D eigenvalue weighted by Crippen LogP contribution is -3.15. The van der Waals surface area contributed by atoms with Gasteiger partial charge >= 0.3 is 0 Å². The number of piperazine rings is 1. The molecule has 0 aromatic heterocycles. The Balaban J connectivity index is 1.51. The zero-order valence-corrected chi connectivity index (χ0v) is 17.4. The minimum atomic E-state index is -3.34. The van der Waals surface area contributed by atoms with Gasteiger partial charge in [0.25, 0.3) is 5.91 Å². The minimum Gasteiger partial charge on any atom is -0.325 e. The zero-order chi connectivity index (χ0) is 20.1. The third-order valence-corrected chi connectivity index (χ3v) is 7.23. The van der Waals surface area contributed by atoms with Gasteiger partial charge in [0, 0.05) is 10.7 Å². The molecule has 0 unspecified atom stereocenters. The summed E-state index contributed by atoms with van der Waals surface area (Å²) < 4.78 is 26.8. The fraction of sp³-hybridized carbons (Fsp3) is 0.350. The van der Waals surface area contributed by atoms with Gasteiger partial charge < -0.3 is 10.2 Å². The second-order valence-electron chi connectivity index (χ2n) is 7.03. The third-order valence-electron chi connectivity index (χ3n) is 4.97. The van der Waals surface area contributed by atoms with Crippen molar-refractivity contribution in [3.63, 3.8) is 0 Å². The maximum Gasteiger partial charge on any atom is 0.279 e. The fourth-order valence-electron chi connectivity index (χ4n) is 3.30. The van der Waals surface area contributed by atoms with E-state index in [0.29, 0.717) is 43.4 Å². The van der Waals surface area contributed by atoms with Crippen molar-refractivity contribution in [2.75, 3.05) is 38.0 Å². The highest BCUT2D eigenvalue weighted by atomic mass is 35.5. The number of benzene rings is 2. The molecule has 2 N–H and O–H groups in total. The number of sulfonamides is 1. The van der Waals surface area contributed by atoms with E-state index in [4.69, 9.17) is 11.6 Å². The summed E-state index contributed by atoms with van der Waals surface area (Å²) in [7, 11) is -3.34. The van der Waals surface area contributed by atoms with E-state index < -0.39 is 10.0 Å². The second-order valence-corrected chi connectivity index (χ2v) is 9.40. The number of nitrogens with one attached hydrogen (secondary N) is 2. The molecule has 0 atom stereocenters. The molecular formula is C20H25ClN3O3S+. The lowest BCUT2D eigenvalue weighted by Gasteiger charge is -2.31. The summed E-state index contributed by atoms with van der Waals surface area (Å²) in [5.41, 5.74) is 2.33. The smallest absolute Gasteiger partial charge is 0.279 e.